The Morgan fingerprint density at radius 1 is 1.43 bits per heavy atom. The van der Waals surface area contributed by atoms with Crippen molar-refractivity contribution in [1.29, 1.82) is 0 Å². The third-order valence-electron chi connectivity index (χ3n) is 3.42. The first-order valence-corrected chi connectivity index (χ1v) is 7.05. The first kappa shape index (κ1) is 14.1. The topological polar surface area (TPSA) is 71.6 Å². The molecule has 5 nitrogen and oxygen atoms in total. The molecule has 0 fully saturated rings. The lowest BCUT2D eigenvalue weighted by Crippen LogP contribution is -2.42. The van der Waals surface area contributed by atoms with E-state index in [-0.39, 0.29) is 6.04 Å². The second kappa shape index (κ2) is 5.52. The van der Waals surface area contributed by atoms with Crippen LogP contribution in [0.1, 0.15) is 11.1 Å². The fourth-order valence-corrected chi connectivity index (χ4v) is 2.66. The molecule has 110 valence electrons. The van der Waals surface area contributed by atoms with Crippen molar-refractivity contribution in [2.45, 2.75) is 19.4 Å². The summed E-state index contributed by atoms with van der Waals surface area (Å²) in [5.74, 6) is 1.88. The van der Waals surface area contributed by atoms with Crippen LogP contribution < -0.4 is 15.5 Å². The van der Waals surface area contributed by atoms with E-state index in [2.05, 4.69) is 4.98 Å². The number of halogens is 1. The lowest BCUT2D eigenvalue weighted by molar-refractivity contribution is 0.234. The number of rotatable bonds is 2. The van der Waals surface area contributed by atoms with Crippen molar-refractivity contribution in [3.05, 3.63) is 46.6 Å². The Kier molecular flexibility index (Phi) is 3.71. The minimum atomic E-state index is -0.114. The van der Waals surface area contributed by atoms with Crippen LogP contribution in [0.25, 0.3) is 0 Å². The molecule has 1 aliphatic rings. The number of nitrogens with two attached hydrogens (primary N) is 1. The Hall–Kier alpha value is -1.82. The second-order valence-electron chi connectivity index (χ2n) is 5.21. The minimum Gasteiger partial charge on any atom is -0.455 e. The van der Waals surface area contributed by atoms with Gasteiger partial charge >= 0.3 is 0 Å². The zero-order valence-corrected chi connectivity index (χ0v) is 12.3. The van der Waals surface area contributed by atoms with Crippen LogP contribution >= 0.6 is 11.6 Å². The maximum absolute atomic E-state index is 9.82. The number of benzene rings is 1. The third-order valence-corrected chi connectivity index (χ3v) is 3.65. The van der Waals surface area contributed by atoms with Crippen molar-refractivity contribution in [2.24, 2.45) is 5.73 Å². The van der Waals surface area contributed by atoms with E-state index in [4.69, 9.17) is 22.1 Å². The van der Waals surface area contributed by atoms with E-state index in [0.29, 0.717) is 29.6 Å². The maximum Gasteiger partial charge on any atom is 0.155 e. The number of hydrogen-bond acceptors (Lipinski definition) is 5. The third kappa shape index (κ3) is 2.95. The number of aryl methyl sites for hydroxylation is 1. The molecule has 21 heavy (non-hydrogen) atoms. The Morgan fingerprint density at radius 3 is 3.00 bits per heavy atom. The summed E-state index contributed by atoms with van der Waals surface area (Å²) in [5.41, 5.74) is 7.72. The van der Waals surface area contributed by atoms with E-state index in [1.54, 1.807) is 12.3 Å². The highest BCUT2D eigenvalue weighted by Gasteiger charge is 2.22. The van der Waals surface area contributed by atoms with Gasteiger partial charge in [-0.25, -0.2) is 10.0 Å². The molecule has 0 unspecified atom stereocenters. The molecule has 1 atom stereocenters. The van der Waals surface area contributed by atoms with Gasteiger partial charge in [0.1, 0.15) is 11.5 Å². The SMILES string of the molecule is Cc1cc(Cl)ccc1Oc1cnc2c(c1)C[C@H](N)CN2O. The van der Waals surface area contributed by atoms with Gasteiger partial charge in [0.25, 0.3) is 0 Å². The molecule has 0 saturated carbocycles. The number of ether oxygens (including phenoxy) is 1. The van der Waals surface area contributed by atoms with E-state index < -0.39 is 0 Å². The van der Waals surface area contributed by atoms with Crippen LogP contribution in [0, 0.1) is 6.92 Å². The van der Waals surface area contributed by atoms with Crippen LogP contribution in [0.4, 0.5) is 5.82 Å². The lowest BCUT2D eigenvalue weighted by Gasteiger charge is -2.28. The Bertz CT molecular complexity index is 678. The van der Waals surface area contributed by atoms with Crippen molar-refractivity contribution in [3.63, 3.8) is 0 Å². The van der Waals surface area contributed by atoms with Gasteiger partial charge in [-0.05, 0) is 43.2 Å². The molecule has 1 aromatic heterocycles. The number of anilines is 1. The molecule has 2 heterocycles. The Labute approximate surface area is 127 Å². The van der Waals surface area contributed by atoms with Gasteiger partial charge in [0, 0.05) is 16.6 Å². The van der Waals surface area contributed by atoms with Gasteiger partial charge < -0.3 is 10.5 Å². The van der Waals surface area contributed by atoms with Crippen LogP contribution in [0.2, 0.25) is 5.02 Å². The molecule has 2 aromatic rings. The molecule has 0 saturated heterocycles. The van der Waals surface area contributed by atoms with Crippen molar-refractivity contribution in [3.8, 4) is 11.5 Å². The molecule has 0 bridgehead atoms. The highest BCUT2D eigenvalue weighted by Crippen LogP contribution is 2.31. The molecule has 0 spiro atoms. The van der Waals surface area contributed by atoms with Gasteiger partial charge in [0.15, 0.2) is 5.82 Å². The molecular weight excluding hydrogens is 290 g/mol. The summed E-state index contributed by atoms with van der Waals surface area (Å²) < 4.78 is 5.84. The van der Waals surface area contributed by atoms with Crippen LogP contribution in [0.15, 0.2) is 30.5 Å². The molecule has 0 amide bonds. The van der Waals surface area contributed by atoms with Crippen molar-refractivity contribution < 1.29 is 9.94 Å². The van der Waals surface area contributed by atoms with E-state index in [0.717, 1.165) is 21.9 Å². The normalized spacial score (nSPS) is 17.5. The zero-order chi connectivity index (χ0) is 15.0. The number of nitrogens with zero attached hydrogens (tertiary/aromatic N) is 2. The predicted octanol–water partition coefficient (Wildman–Crippen LogP) is 2.91. The number of fused-ring (bicyclic) bond motifs is 1. The Balaban J connectivity index is 1.88. The smallest absolute Gasteiger partial charge is 0.155 e. The standard InChI is InChI=1S/C15H16ClN3O2/c1-9-4-11(16)2-3-14(9)21-13-6-10-5-12(17)8-19(20)15(10)18-7-13/h2-4,6-7,12,20H,5,8,17H2,1H3/t12-/m0/s1. The van der Waals surface area contributed by atoms with Gasteiger partial charge in [-0.3, -0.25) is 5.21 Å². The average molecular weight is 306 g/mol. The van der Waals surface area contributed by atoms with Crippen molar-refractivity contribution in [2.75, 3.05) is 11.6 Å². The van der Waals surface area contributed by atoms with Gasteiger partial charge in [-0.2, -0.15) is 0 Å². The first-order chi connectivity index (χ1) is 10.0. The van der Waals surface area contributed by atoms with Gasteiger partial charge in [0.2, 0.25) is 0 Å². The predicted molar refractivity (Wildman–Crippen MR) is 81.3 cm³/mol. The molecular formula is C15H16ClN3O2. The van der Waals surface area contributed by atoms with E-state index in [9.17, 15) is 5.21 Å². The van der Waals surface area contributed by atoms with E-state index >= 15 is 0 Å². The van der Waals surface area contributed by atoms with Gasteiger partial charge in [-0.1, -0.05) is 11.6 Å². The van der Waals surface area contributed by atoms with Crippen molar-refractivity contribution in [1.82, 2.24) is 4.98 Å². The fraction of sp³-hybridized carbons (Fsp3) is 0.267. The summed E-state index contributed by atoms with van der Waals surface area (Å²) in [7, 11) is 0. The number of pyridine rings is 1. The fourth-order valence-electron chi connectivity index (χ4n) is 2.43. The highest BCUT2D eigenvalue weighted by atomic mass is 35.5. The minimum absolute atomic E-state index is 0.114. The monoisotopic (exact) mass is 305 g/mol. The largest absolute Gasteiger partial charge is 0.455 e. The quantitative estimate of drug-likeness (QED) is 0.892. The molecule has 0 radical (unpaired) electrons. The van der Waals surface area contributed by atoms with Gasteiger partial charge in [-0.15, -0.1) is 0 Å². The number of aromatic nitrogens is 1. The summed E-state index contributed by atoms with van der Waals surface area (Å²) in [6.45, 7) is 2.31. The molecule has 3 rings (SSSR count). The summed E-state index contributed by atoms with van der Waals surface area (Å²) in [5, 5.41) is 11.6. The maximum atomic E-state index is 9.82. The highest BCUT2D eigenvalue weighted by molar-refractivity contribution is 6.30. The Morgan fingerprint density at radius 2 is 2.24 bits per heavy atom. The van der Waals surface area contributed by atoms with Crippen molar-refractivity contribution >= 4 is 17.4 Å². The molecule has 6 heteroatoms. The molecule has 0 aliphatic carbocycles. The van der Waals surface area contributed by atoms with E-state index in [1.807, 2.05) is 25.1 Å². The van der Waals surface area contributed by atoms with E-state index in [1.165, 1.54) is 0 Å². The molecule has 1 aliphatic heterocycles. The molecule has 3 N–H and O–H groups in total. The van der Waals surface area contributed by atoms with Crippen LogP contribution in [0.5, 0.6) is 11.5 Å². The van der Waals surface area contributed by atoms with Crippen LogP contribution in [-0.2, 0) is 6.42 Å². The van der Waals surface area contributed by atoms with Crippen LogP contribution in [0.3, 0.4) is 0 Å². The average Bonchev–Trinajstić information content (AvgIpc) is 2.41. The van der Waals surface area contributed by atoms with Crippen LogP contribution in [-0.4, -0.2) is 22.8 Å². The summed E-state index contributed by atoms with van der Waals surface area (Å²) in [6, 6.07) is 7.19. The summed E-state index contributed by atoms with van der Waals surface area (Å²) in [4.78, 5) is 4.25. The van der Waals surface area contributed by atoms with Gasteiger partial charge in [0.05, 0.1) is 12.7 Å². The summed E-state index contributed by atoms with van der Waals surface area (Å²) >= 11 is 5.93. The lowest BCUT2D eigenvalue weighted by atomic mass is 10.0. The number of hydroxylamine groups is 1. The number of hydrogen-bond donors (Lipinski definition) is 2. The zero-order valence-electron chi connectivity index (χ0n) is 11.6. The first-order valence-electron chi connectivity index (χ1n) is 6.68. The second-order valence-corrected chi connectivity index (χ2v) is 5.65. The molecule has 1 aromatic carbocycles. The summed E-state index contributed by atoms with van der Waals surface area (Å²) in [6.07, 6.45) is 2.25.